The molecule has 90 valence electrons. The van der Waals surface area contributed by atoms with Gasteiger partial charge in [0.05, 0.1) is 11.8 Å². The minimum Gasteiger partial charge on any atom is -0.330 e. The van der Waals surface area contributed by atoms with Crippen molar-refractivity contribution in [2.45, 2.75) is 33.1 Å². The van der Waals surface area contributed by atoms with Crippen LogP contribution < -0.4 is 5.73 Å². The van der Waals surface area contributed by atoms with Crippen molar-refractivity contribution in [3.05, 3.63) is 18.0 Å². The lowest BCUT2D eigenvalue weighted by Crippen LogP contribution is -2.18. The third-order valence-corrected chi connectivity index (χ3v) is 2.88. The van der Waals surface area contributed by atoms with Crippen LogP contribution >= 0.6 is 0 Å². The van der Waals surface area contributed by atoms with E-state index < -0.39 is 0 Å². The van der Waals surface area contributed by atoms with Gasteiger partial charge in [-0.05, 0) is 24.8 Å². The van der Waals surface area contributed by atoms with Crippen LogP contribution in [0, 0.1) is 5.41 Å². The Hall–Kier alpha value is -1.16. The molecule has 0 aliphatic heterocycles. The van der Waals surface area contributed by atoms with Gasteiger partial charge in [-0.15, -0.1) is 0 Å². The summed E-state index contributed by atoms with van der Waals surface area (Å²) in [5.41, 5.74) is 6.38. The van der Waals surface area contributed by atoms with Gasteiger partial charge in [0, 0.05) is 19.7 Å². The highest BCUT2D eigenvalue weighted by atomic mass is 16.1. The molecular formula is C12H21N3O. The average Bonchev–Trinajstić information content (AvgIpc) is 2.61. The van der Waals surface area contributed by atoms with Crippen molar-refractivity contribution >= 4 is 5.78 Å². The Kier molecular flexibility index (Phi) is 4.24. The van der Waals surface area contributed by atoms with Gasteiger partial charge in [0.1, 0.15) is 0 Å². The fourth-order valence-electron chi connectivity index (χ4n) is 1.68. The fourth-order valence-corrected chi connectivity index (χ4v) is 1.68. The molecule has 0 atom stereocenters. The van der Waals surface area contributed by atoms with Crippen LogP contribution in [-0.2, 0) is 7.05 Å². The van der Waals surface area contributed by atoms with Crippen LogP contribution in [0.2, 0.25) is 0 Å². The Morgan fingerprint density at radius 1 is 1.50 bits per heavy atom. The second-order valence-electron chi connectivity index (χ2n) is 5.03. The summed E-state index contributed by atoms with van der Waals surface area (Å²) in [6.45, 7) is 4.97. The summed E-state index contributed by atoms with van der Waals surface area (Å²) in [5.74, 6) is 0.165. The van der Waals surface area contributed by atoms with Crippen LogP contribution in [0.3, 0.4) is 0 Å². The maximum Gasteiger partial charge on any atom is 0.166 e. The first-order valence-electron chi connectivity index (χ1n) is 5.66. The van der Waals surface area contributed by atoms with Gasteiger partial charge in [0.15, 0.2) is 5.78 Å². The Bertz CT molecular complexity index is 355. The lowest BCUT2D eigenvalue weighted by molar-refractivity contribution is 0.0961. The smallest absolute Gasteiger partial charge is 0.166 e. The van der Waals surface area contributed by atoms with Crippen molar-refractivity contribution in [3.8, 4) is 0 Å². The molecule has 0 amide bonds. The first kappa shape index (κ1) is 12.9. The van der Waals surface area contributed by atoms with Gasteiger partial charge in [-0.3, -0.25) is 9.48 Å². The summed E-state index contributed by atoms with van der Waals surface area (Å²) in [7, 11) is 1.81. The highest BCUT2D eigenvalue weighted by molar-refractivity contribution is 5.95. The molecule has 0 fully saturated rings. The molecule has 4 nitrogen and oxygen atoms in total. The number of nitrogens with two attached hydrogens (primary N) is 1. The van der Waals surface area contributed by atoms with Crippen molar-refractivity contribution < 1.29 is 4.79 Å². The third-order valence-electron chi connectivity index (χ3n) is 2.88. The van der Waals surface area contributed by atoms with Crippen LogP contribution in [0.15, 0.2) is 12.4 Å². The summed E-state index contributed by atoms with van der Waals surface area (Å²) in [6.07, 6.45) is 5.78. The maximum atomic E-state index is 11.8. The van der Waals surface area contributed by atoms with Crippen molar-refractivity contribution in [2.24, 2.45) is 18.2 Å². The van der Waals surface area contributed by atoms with E-state index in [9.17, 15) is 4.79 Å². The van der Waals surface area contributed by atoms with E-state index in [2.05, 4.69) is 18.9 Å². The Balaban J connectivity index is 2.47. The van der Waals surface area contributed by atoms with E-state index in [1.807, 2.05) is 7.05 Å². The normalized spacial score (nSPS) is 11.8. The second kappa shape index (κ2) is 5.25. The zero-order chi connectivity index (χ0) is 12.2. The molecule has 1 aromatic rings. The van der Waals surface area contributed by atoms with Crippen molar-refractivity contribution in [2.75, 3.05) is 6.54 Å². The van der Waals surface area contributed by atoms with Gasteiger partial charge in [-0.25, -0.2) is 0 Å². The molecule has 2 N–H and O–H groups in total. The third kappa shape index (κ3) is 3.77. The molecule has 0 spiro atoms. The van der Waals surface area contributed by atoms with E-state index in [0.29, 0.717) is 18.5 Å². The standard InChI is InChI=1S/C12H21N3O/c1-12(2,6-7-13)5-4-11(16)10-8-14-15(3)9-10/h8-9H,4-7,13H2,1-3H3. The number of carbonyl (C=O) groups is 1. The van der Waals surface area contributed by atoms with Gasteiger partial charge in [0.25, 0.3) is 0 Å². The topological polar surface area (TPSA) is 60.9 Å². The second-order valence-corrected chi connectivity index (χ2v) is 5.03. The Morgan fingerprint density at radius 2 is 2.19 bits per heavy atom. The molecule has 0 saturated carbocycles. The average molecular weight is 223 g/mol. The number of nitrogens with zero attached hydrogens (tertiary/aromatic N) is 2. The highest BCUT2D eigenvalue weighted by Gasteiger charge is 2.19. The molecule has 1 heterocycles. The molecule has 1 aromatic heterocycles. The van der Waals surface area contributed by atoms with Gasteiger partial charge < -0.3 is 5.73 Å². The van der Waals surface area contributed by atoms with Crippen molar-refractivity contribution in [1.29, 1.82) is 0 Å². The van der Waals surface area contributed by atoms with Gasteiger partial charge in [0.2, 0.25) is 0 Å². The van der Waals surface area contributed by atoms with Crippen LogP contribution in [0.1, 0.15) is 43.5 Å². The summed E-state index contributed by atoms with van der Waals surface area (Å²) in [5, 5.41) is 3.99. The molecule has 0 aromatic carbocycles. The van der Waals surface area contributed by atoms with Gasteiger partial charge in [-0.2, -0.15) is 5.10 Å². The van der Waals surface area contributed by atoms with Crippen LogP contribution in [0.5, 0.6) is 0 Å². The minimum absolute atomic E-state index is 0.145. The van der Waals surface area contributed by atoms with Crippen LogP contribution in [-0.4, -0.2) is 22.1 Å². The zero-order valence-electron chi connectivity index (χ0n) is 10.4. The predicted octanol–water partition coefficient (Wildman–Crippen LogP) is 1.76. The molecule has 0 aliphatic rings. The number of rotatable bonds is 6. The monoisotopic (exact) mass is 223 g/mol. The SMILES string of the molecule is Cn1cc(C(=O)CCC(C)(C)CCN)cn1. The summed E-state index contributed by atoms with van der Waals surface area (Å²) >= 11 is 0. The van der Waals surface area contributed by atoms with Gasteiger partial charge in [-0.1, -0.05) is 13.8 Å². The first-order chi connectivity index (χ1) is 7.44. The Labute approximate surface area is 96.8 Å². The number of carbonyl (C=O) groups excluding carboxylic acids is 1. The quantitative estimate of drug-likeness (QED) is 0.747. The first-order valence-corrected chi connectivity index (χ1v) is 5.66. The number of aryl methyl sites for hydroxylation is 1. The molecule has 16 heavy (non-hydrogen) atoms. The van der Waals surface area contributed by atoms with Gasteiger partial charge >= 0.3 is 0 Å². The highest BCUT2D eigenvalue weighted by Crippen LogP contribution is 2.26. The molecule has 0 bridgehead atoms. The van der Waals surface area contributed by atoms with Crippen molar-refractivity contribution in [1.82, 2.24) is 9.78 Å². The van der Waals surface area contributed by atoms with E-state index in [4.69, 9.17) is 5.73 Å². The van der Waals surface area contributed by atoms with Crippen LogP contribution in [0.25, 0.3) is 0 Å². The number of aromatic nitrogens is 2. The molecule has 1 rings (SSSR count). The molecular weight excluding hydrogens is 202 g/mol. The van der Waals surface area contributed by atoms with E-state index in [1.54, 1.807) is 17.1 Å². The van der Waals surface area contributed by atoms with Crippen molar-refractivity contribution in [3.63, 3.8) is 0 Å². The minimum atomic E-state index is 0.145. The molecule has 0 saturated heterocycles. The molecule has 0 aliphatic carbocycles. The number of ketones is 1. The summed E-state index contributed by atoms with van der Waals surface area (Å²) in [6, 6.07) is 0. The van der Waals surface area contributed by atoms with E-state index in [1.165, 1.54) is 0 Å². The maximum absolute atomic E-state index is 11.8. The summed E-state index contributed by atoms with van der Waals surface area (Å²) in [4.78, 5) is 11.8. The fraction of sp³-hybridized carbons (Fsp3) is 0.667. The number of hydrogen-bond donors (Lipinski definition) is 1. The number of hydrogen-bond acceptors (Lipinski definition) is 3. The largest absolute Gasteiger partial charge is 0.330 e. The van der Waals surface area contributed by atoms with Crippen LogP contribution in [0.4, 0.5) is 0 Å². The van der Waals surface area contributed by atoms with E-state index in [0.717, 1.165) is 12.8 Å². The Morgan fingerprint density at radius 3 is 2.69 bits per heavy atom. The number of Topliss-reactive ketones (excluding diaryl/α,β-unsaturated/α-hetero) is 1. The predicted molar refractivity (Wildman–Crippen MR) is 64.2 cm³/mol. The lowest BCUT2D eigenvalue weighted by atomic mass is 9.83. The molecule has 4 heteroatoms. The zero-order valence-corrected chi connectivity index (χ0v) is 10.4. The molecule has 0 unspecified atom stereocenters. The molecule has 0 radical (unpaired) electrons. The van der Waals surface area contributed by atoms with E-state index in [-0.39, 0.29) is 11.2 Å². The summed E-state index contributed by atoms with van der Waals surface area (Å²) < 4.78 is 1.65. The lowest BCUT2D eigenvalue weighted by Gasteiger charge is -2.23. The van der Waals surface area contributed by atoms with E-state index >= 15 is 0 Å².